The van der Waals surface area contributed by atoms with Crippen LogP contribution in [-0.2, 0) is 0 Å². The van der Waals surface area contributed by atoms with Gasteiger partial charge in [0.25, 0.3) is 0 Å². The minimum atomic E-state index is -0.866. The third kappa shape index (κ3) is 63.8. The Kier molecular flexibility index (Phi) is 48.9. The number of hydrogen-bond donors (Lipinski definition) is 0. The molecular weight excluding hydrogens is 982 g/mol. The van der Waals surface area contributed by atoms with Gasteiger partial charge in [-0.1, -0.05) is 327 Å². The summed E-state index contributed by atoms with van der Waals surface area (Å²) in [4.78, 5) is 0. The molecule has 0 spiro atoms. The van der Waals surface area contributed by atoms with E-state index in [9.17, 15) is 13.2 Å². The van der Waals surface area contributed by atoms with Gasteiger partial charge in [-0.3, -0.25) is 0 Å². The van der Waals surface area contributed by atoms with Crippen LogP contribution in [0, 0.1) is 78.3 Å². The first-order valence-electron chi connectivity index (χ1n) is 34.1. The molecule has 0 radical (unpaired) electrons. The van der Waals surface area contributed by atoms with Crippen LogP contribution >= 0.6 is 0 Å². The number of hydrogen-bond acceptors (Lipinski definition) is 0. The van der Waals surface area contributed by atoms with Gasteiger partial charge in [0.1, 0.15) is 17.0 Å². The SMILES string of the molecule is CC(C)(C)C.CC(C)C(C(C)C)C(C)(C)C.CC(C)C(C)(C)C.CC1(C)CCC(C)(F)CC1.CC1(F)CCCC1.CC1(F)CCCCC1.CCC(C)(C)C.CCC(C)(CC)C(C)(C)C.CCC(CC)C(C)(C)C.CCCC(C)(C)C. The molecule has 0 aromatic rings. The molecule has 3 rings (SSSR count). The maximum atomic E-state index is 13.2. The third-order valence-corrected chi connectivity index (χ3v) is 18.0. The van der Waals surface area contributed by atoms with Gasteiger partial charge >= 0.3 is 0 Å². The Bertz CT molecular complexity index is 1300. The standard InChI is InChI=1S/C11H24.C10H22.C9H17F.C9H20.C7H13F.2C7H16.C6H11F.C6H14.C5H12/c1-8(2)10(9(3)4)11(5,6)7;1-7-10(6,8-2)9(3,4)5;1-8(2)4-6-9(3,10)7-5-8;1-6-8(7-2)9(3,4)5;1-7(8)5-3-2-4-6-7;1-6(2)7(3,4)5;1-5-6-7(2,3)4;1-6(7)4-2-3-5-6;1-5-6(2,3)4;1-5(2,3)4/h8-10H,1-7H3;7-8H2,1-6H3;4-7H2,1-3H3;8H,6-7H2,1-5H3;2-6H2,1H3;6H,1-5H3;5-6H2,1-4H3;2-5H2,1H3;5H2,1-4H3;1-4H3. The van der Waals surface area contributed by atoms with Gasteiger partial charge < -0.3 is 0 Å². The van der Waals surface area contributed by atoms with Crippen LogP contribution in [0.4, 0.5) is 13.2 Å². The summed E-state index contributed by atoms with van der Waals surface area (Å²) in [5.74, 6) is 4.14. The van der Waals surface area contributed by atoms with Gasteiger partial charge in [-0.05, 0) is 157 Å². The fourth-order valence-electron chi connectivity index (χ4n) is 10.2. The quantitative estimate of drug-likeness (QED) is 0.238. The van der Waals surface area contributed by atoms with E-state index in [1.807, 2.05) is 0 Å². The van der Waals surface area contributed by atoms with Gasteiger partial charge in [0.05, 0.1) is 0 Å². The van der Waals surface area contributed by atoms with E-state index >= 15 is 0 Å². The molecule has 3 aliphatic carbocycles. The fourth-order valence-corrected chi connectivity index (χ4v) is 10.2. The number of halogens is 3. The highest BCUT2D eigenvalue weighted by Crippen LogP contribution is 2.44. The molecule has 0 aromatic heterocycles. The smallest absolute Gasteiger partial charge is 0.108 e. The van der Waals surface area contributed by atoms with Gasteiger partial charge in [-0.15, -0.1) is 0 Å². The molecule has 0 nitrogen and oxygen atoms in total. The van der Waals surface area contributed by atoms with Crippen molar-refractivity contribution in [3.05, 3.63) is 0 Å². The van der Waals surface area contributed by atoms with E-state index in [4.69, 9.17) is 0 Å². The zero-order chi connectivity index (χ0) is 66.0. The van der Waals surface area contributed by atoms with Crippen LogP contribution in [0.5, 0.6) is 0 Å². The Morgan fingerprint density at radius 1 is 0.362 bits per heavy atom. The molecule has 0 atom stereocenters. The van der Waals surface area contributed by atoms with Crippen LogP contribution in [0.2, 0.25) is 0 Å². The molecule has 0 bridgehead atoms. The largest absolute Gasteiger partial charge is 0.244 e. The Morgan fingerprint density at radius 2 is 0.625 bits per heavy atom. The molecule has 80 heavy (non-hydrogen) atoms. The van der Waals surface area contributed by atoms with Crippen LogP contribution in [0.3, 0.4) is 0 Å². The van der Waals surface area contributed by atoms with Crippen molar-refractivity contribution in [1.82, 2.24) is 0 Å². The average molecular weight is 1150 g/mol. The minimum absolute atomic E-state index is 0.394. The molecule has 0 aromatic carbocycles. The van der Waals surface area contributed by atoms with Crippen molar-refractivity contribution in [2.75, 3.05) is 0 Å². The first-order valence-corrected chi connectivity index (χ1v) is 34.1. The lowest BCUT2D eigenvalue weighted by Gasteiger charge is -2.40. The molecule has 0 heterocycles. The summed E-state index contributed by atoms with van der Waals surface area (Å²) in [6.07, 6.45) is 21.4. The number of rotatable bonds is 7. The minimum Gasteiger partial charge on any atom is -0.244 e. The maximum absolute atomic E-state index is 13.2. The van der Waals surface area contributed by atoms with E-state index in [-0.39, 0.29) is 0 Å². The summed E-state index contributed by atoms with van der Waals surface area (Å²) < 4.78 is 38.7. The number of alkyl halides is 3. The fraction of sp³-hybridized carbons (Fsp3) is 1.00. The highest BCUT2D eigenvalue weighted by atomic mass is 19.2. The molecule has 3 fully saturated rings. The van der Waals surface area contributed by atoms with E-state index < -0.39 is 17.0 Å². The monoisotopic (exact) mass is 1150 g/mol. The zero-order valence-electron chi connectivity index (χ0n) is 64.2. The van der Waals surface area contributed by atoms with E-state index in [0.29, 0.717) is 48.7 Å². The molecule has 0 aliphatic heterocycles. The van der Waals surface area contributed by atoms with E-state index in [2.05, 4.69) is 256 Å². The van der Waals surface area contributed by atoms with Crippen molar-refractivity contribution in [3.8, 4) is 0 Å². The van der Waals surface area contributed by atoms with Crippen molar-refractivity contribution < 1.29 is 13.2 Å². The molecule has 0 N–H and O–H groups in total. The van der Waals surface area contributed by atoms with Crippen molar-refractivity contribution in [1.29, 1.82) is 0 Å². The lowest BCUT2D eigenvalue weighted by atomic mass is 9.65. The van der Waals surface area contributed by atoms with Crippen molar-refractivity contribution >= 4 is 0 Å². The lowest BCUT2D eigenvalue weighted by Crippen LogP contribution is -2.31. The van der Waals surface area contributed by atoms with Crippen LogP contribution in [0.15, 0.2) is 0 Å². The second kappa shape index (κ2) is 41.8. The molecule has 0 amide bonds. The molecule has 0 unspecified atom stereocenters. The molecule has 3 heteroatoms. The Morgan fingerprint density at radius 3 is 0.700 bits per heavy atom. The average Bonchev–Trinajstić information content (AvgIpc) is 3.64. The topological polar surface area (TPSA) is 0 Å². The summed E-state index contributed by atoms with van der Waals surface area (Å²) in [6, 6.07) is 0. The third-order valence-electron chi connectivity index (χ3n) is 18.0. The van der Waals surface area contributed by atoms with Crippen LogP contribution < -0.4 is 0 Å². The van der Waals surface area contributed by atoms with E-state index in [1.165, 1.54) is 51.4 Å². The van der Waals surface area contributed by atoms with Gasteiger partial charge in [0.2, 0.25) is 0 Å². The van der Waals surface area contributed by atoms with Gasteiger partial charge in [0, 0.05) is 0 Å². The lowest BCUT2D eigenvalue weighted by molar-refractivity contribution is 0.0708. The molecular formula is C77H165F3. The summed E-state index contributed by atoms with van der Waals surface area (Å²) in [7, 11) is 0. The summed E-state index contributed by atoms with van der Waals surface area (Å²) in [5, 5.41) is 0. The van der Waals surface area contributed by atoms with Gasteiger partial charge in [0.15, 0.2) is 0 Å². The summed E-state index contributed by atoms with van der Waals surface area (Å²) in [6.45, 7) is 89.4. The Hall–Kier alpha value is -0.210. The zero-order valence-corrected chi connectivity index (χ0v) is 64.2. The summed E-state index contributed by atoms with van der Waals surface area (Å²) in [5.41, 5.74) is 1.95. The maximum Gasteiger partial charge on any atom is 0.108 e. The second-order valence-electron chi connectivity index (χ2n) is 36.7. The van der Waals surface area contributed by atoms with Crippen molar-refractivity contribution in [2.45, 2.75) is 422 Å². The molecule has 3 aliphatic rings. The predicted molar refractivity (Wildman–Crippen MR) is 370 cm³/mol. The molecule has 0 saturated heterocycles. The second-order valence-corrected chi connectivity index (χ2v) is 36.7. The van der Waals surface area contributed by atoms with Crippen molar-refractivity contribution in [3.63, 3.8) is 0 Å². The molecule has 3 saturated carbocycles. The summed E-state index contributed by atoms with van der Waals surface area (Å²) >= 11 is 0. The predicted octanol–water partition coefficient (Wildman–Crippen LogP) is 29.6. The van der Waals surface area contributed by atoms with E-state index in [0.717, 1.165) is 107 Å². The highest BCUT2D eigenvalue weighted by molar-refractivity contribution is 4.86. The highest BCUT2D eigenvalue weighted by Gasteiger charge is 2.35. The van der Waals surface area contributed by atoms with Gasteiger partial charge in [-0.25, -0.2) is 13.2 Å². The van der Waals surface area contributed by atoms with Crippen molar-refractivity contribution in [2.24, 2.45) is 78.3 Å². The van der Waals surface area contributed by atoms with Crippen LogP contribution in [0.1, 0.15) is 405 Å². The Labute approximate surface area is 511 Å². The van der Waals surface area contributed by atoms with Gasteiger partial charge in [-0.2, -0.15) is 0 Å². The van der Waals surface area contributed by atoms with E-state index in [1.54, 1.807) is 20.8 Å². The molecule has 494 valence electrons. The van der Waals surface area contributed by atoms with Crippen LogP contribution in [0.25, 0.3) is 0 Å². The Balaban J connectivity index is -0.000000149. The first-order chi connectivity index (χ1) is 35.0. The first kappa shape index (κ1) is 93.5. The normalized spacial score (nSPS) is 17.9. The van der Waals surface area contributed by atoms with Crippen LogP contribution in [-0.4, -0.2) is 17.0 Å².